The van der Waals surface area contributed by atoms with Crippen LogP contribution in [0.5, 0.6) is 0 Å². The van der Waals surface area contributed by atoms with Gasteiger partial charge in [-0.3, -0.25) is 9.59 Å². The summed E-state index contributed by atoms with van der Waals surface area (Å²) < 4.78 is 3.66. The molecule has 4 aromatic rings. The zero-order valence-corrected chi connectivity index (χ0v) is 31.8. The molecule has 0 aliphatic carbocycles. The standard InChI is InChI=1S/C39H45N3O6S3/c1-37(2,3)48-36(47)41-31(34(44)40-30(24-29-22-15-23-50-29)33(43)42-32(35(45)46)38(4,5)49)25-51-39(26-16-9-6-10-17-26,27-18-11-7-12-19-27)28-20-13-8-14-21-28/h6-23,30-32,49H,24-25H2,1-5H3,(H,40,44)(H,41,47)(H,42,43)(H,45,46)/t30-,31-,32+/m1/s1. The summed E-state index contributed by atoms with van der Waals surface area (Å²) in [6.07, 6.45) is -0.696. The summed E-state index contributed by atoms with van der Waals surface area (Å²) in [6, 6.07) is 29.8. The third-order valence-electron chi connectivity index (χ3n) is 7.87. The fraction of sp³-hybridized carbons (Fsp3) is 0.333. The molecule has 3 atom stereocenters. The fourth-order valence-corrected chi connectivity index (χ4v) is 7.99. The number of carboxylic acids is 1. The van der Waals surface area contributed by atoms with E-state index < -0.39 is 57.1 Å². The van der Waals surface area contributed by atoms with E-state index in [4.69, 9.17) is 4.74 Å². The predicted octanol–water partition coefficient (Wildman–Crippen LogP) is 6.67. The molecule has 1 aromatic heterocycles. The number of thiophene rings is 1. The second-order valence-corrected chi connectivity index (χ2v) is 17.0. The first-order chi connectivity index (χ1) is 24.1. The fourth-order valence-electron chi connectivity index (χ4n) is 5.50. The number of carboxylic acid groups (broad SMARTS) is 1. The van der Waals surface area contributed by atoms with Crippen LogP contribution in [0.15, 0.2) is 109 Å². The lowest BCUT2D eigenvalue weighted by atomic mass is 9.84. The number of ether oxygens (including phenoxy) is 1. The lowest BCUT2D eigenvalue weighted by Crippen LogP contribution is -2.59. The van der Waals surface area contributed by atoms with Gasteiger partial charge in [-0.1, -0.05) is 97.1 Å². The maximum atomic E-state index is 14.3. The molecule has 9 nitrogen and oxygen atoms in total. The number of amides is 3. The van der Waals surface area contributed by atoms with Crippen LogP contribution >= 0.6 is 35.7 Å². The predicted molar refractivity (Wildman–Crippen MR) is 207 cm³/mol. The van der Waals surface area contributed by atoms with E-state index >= 15 is 0 Å². The van der Waals surface area contributed by atoms with Crippen molar-refractivity contribution in [1.29, 1.82) is 0 Å². The van der Waals surface area contributed by atoms with Crippen molar-refractivity contribution in [3.05, 3.63) is 130 Å². The zero-order chi connectivity index (χ0) is 37.2. The maximum Gasteiger partial charge on any atom is 0.408 e. The Bertz CT molecular complexity index is 1650. The number of thiol groups is 1. The molecule has 0 aliphatic heterocycles. The number of nitrogens with one attached hydrogen (secondary N) is 3. The van der Waals surface area contributed by atoms with E-state index in [-0.39, 0.29) is 12.2 Å². The van der Waals surface area contributed by atoms with Gasteiger partial charge in [0.05, 0.1) is 4.75 Å². The molecule has 0 fully saturated rings. The van der Waals surface area contributed by atoms with E-state index in [2.05, 4.69) is 28.6 Å². The first-order valence-electron chi connectivity index (χ1n) is 16.5. The summed E-state index contributed by atoms with van der Waals surface area (Å²) in [5, 5.41) is 19.9. The molecular weight excluding hydrogens is 703 g/mol. The van der Waals surface area contributed by atoms with E-state index in [0.717, 1.165) is 21.6 Å². The highest BCUT2D eigenvalue weighted by atomic mass is 32.2. The maximum absolute atomic E-state index is 14.3. The van der Waals surface area contributed by atoms with Gasteiger partial charge >= 0.3 is 12.1 Å². The SMILES string of the molecule is CC(C)(C)OC(=O)N[C@H](CSC(c1ccccc1)(c1ccccc1)c1ccccc1)C(=O)N[C@H](Cc1cccs1)C(=O)N[C@@H](C(=O)O)C(C)(C)S. The second-order valence-electron chi connectivity index (χ2n) is 13.6. The number of carbonyl (C=O) groups is 4. The van der Waals surface area contributed by atoms with Gasteiger partial charge in [0.2, 0.25) is 11.8 Å². The van der Waals surface area contributed by atoms with Crippen LogP contribution in [0, 0.1) is 0 Å². The van der Waals surface area contributed by atoms with Gasteiger partial charge in [-0.25, -0.2) is 9.59 Å². The number of aliphatic carboxylic acids is 1. The third kappa shape index (κ3) is 10.9. The Morgan fingerprint density at radius 3 is 1.63 bits per heavy atom. The smallest absolute Gasteiger partial charge is 0.408 e. The highest BCUT2D eigenvalue weighted by Gasteiger charge is 2.40. The molecule has 0 spiro atoms. The Kier molecular flexibility index (Phi) is 13.4. The van der Waals surface area contributed by atoms with Crippen molar-refractivity contribution in [3.8, 4) is 0 Å². The molecule has 3 aromatic carbocycles. The van der Waals surface area contributed by atoms with Crippen LogP contribution in [0.4, 0.5) is 4.79 Å². The van der Waals surface area contributed by atoms with Gasteiger partial charge in [-0.2, -0.15) is 12.6 Å². The van der Waals surface area contributed by atoms with Crippen molar-refractivity contribution in [3.63, 3.8) is 0 Å². The Balaban J connectivity index is 1.74. The highest BCUT2D eigenvalue weighted by Crippen LogP contribution is 2.48. The average molecular weight is 748 g/mol. The monoisotopic (exact) mass is 747 g/mol. The van der Waals surface area contributed by atoms with Crippen LogP contribution in [0.1, 0.15) is 56.2 Å². The molecule has 4 rings (SSSR count). The zero-order valence-electron chi connectivity index (χ0n) is 29.3. The number of hydrogen-bond acceptors (Lipinski definition) is 8. The largest absolute Gasteiger partial charge is 0.480 e. The van der Waals surface area contributed by atoms with Gasteiger partial charge in [0.15, 0.2) is 0 Å². The van der Waals surface area contributed by atoms with Crippen molar-refractivity contribution < 1.29 is 29.0 Å². The van der Waals surface area contributed by atoms with Crippen LogP contribution in [-0.4, -0.2) is 63.2 Å². The molecule has 270 valence electrons. The second kappa shape index (κ2) is 17.3. The van der Waals surface area contributed by atoms with Gasteiger partial charge in [-0.05, 0) is 62.8 Å². The van der Waals surface area contributed by atoms with E-state index in [9.17, 15) is 24.3 Å². The first kappa shape index (κ1) is 39.5. The summed E-state index contributed by atoms with van der Waals surface area (Å²) in [4.78, 5) is 54.2. The molecule has 3 amide bonds. The Hall–Kier alpha value is -4.26. The first-order valence-corrected chi connectivity index (χ1v) is 18.8. The average Bonchev–Trinajstić information content (AvgIpc) is 3.59. The molecule has 0 radical (unpaired) electrons. The van der Waals surface area contributed by atoms with Gasteiger partial charge < -0.3 is 25.8 Å². The summed E-state index contributed by atoms with van der Waals surface area (Å²) in [7, 11) is 0. The van der Waals surface area contributed by atoms with Crippen LogP contribution in [0.2, 0.25) is 0 Å². The minimum absolute atomic E-state index is 0.0680. The van der Waals surface area contributed by atoms with Gasteiger partial charge in [0, 0.05) is 21.8 Å². The van der Waals surface area contributed by atoms with Gasteiger partial charge in [-0.15, -0.1) is 23.1 Å². The number of carbonyl (C=O) groups excluding carboxylic acids is 3. The molecule has 4 N–H and O–H groups in total. The molecule has 1 heterocycles. The normalized spacial score (nSPS) is 13.7. The van der Waals surface area contributed by atoms with Crippen molar-refractivity contribution in [2.75, 3.05) is 5.75 Å². The van der Waals surface area contributed by atoms with Crippen molar-refractivity contribution >= 4 is 59.6 Å². The molecule has 0 unspecified atom stereocenters. The van der Waals surface area contributed by atoms with Gasteiger partial charge in [0.1, 0.15) is 23.7 Å². The van der Waals surface area contributed by atoms with Crippen molar-refractivity contribution in [1.82, 2.24) is 16.0 Å². The Morgan fingerprint density at radius 2 is 1.22 bits per heavy atom. The number of alkyl carbamates (subject to hydrolysis) is 1. The number of thioether (sulfide) groups is 1. The quantitative estimate of drug-likeness (QED) is 0.0678. The lowest BCUT2D eigenvalue weighted by Gasteiger charge is -2.36. The minimum Gasteiger partial charge on any atom is -0.480 e. The van der Waals surface area contributed by atoms with E-state index in [1.165, 1.54) is 23.1 Å². The minimum atomic E-state index is -1.34. The summed E-state index contributed by atoms with van der Waals surface area (Å²) in [6.45, 7) is 8.34. The van der Waals surface area contributed by atoms with E-state index in [1.54, 1.807) is 34.6 Å². The topological polar surface area (TPSA) is 134 Å². The van der Waals surface area contributed by atoms with Crippen LogP contribution in [-0.2, 0) is 30.3 Å². The highest BCUT2D eigenvalue weighted by molar-refractivity contribution is 8.00. The summed E-state index contributed by atoms with van der Waals surface area (Å²) >= 11 is 7.26. The van der Waals surface area contributed by atoms with Crippen molar-refractivity contribution in [2.24, 2.45) is 0 Å². The number of hydrogen-bond donors (Lipinski definition) is 5. The molecule has 0 bridgehead atoms. The lowest BCUT2D eigenvalue weighted by molar-refractivity contribution is -0.143. The molecule has 12 heteroatoms. The molecule has 0 saturated heterocycles. The third-order valence-corrected chi connectivity index (χ3v) is 10.7. The van der Waals surface area contributed by atoms with Crippen LogP contribution in [0.3, 0.4) is 0 Å². The summed E-state index contributed by atoms with van der Waals surface area (Å²) in [5.74, 6) is -2.52. The van der Waals surface area contributed by atoms with Crippen LogP contribution < -0.4 is 16.0 Å². The van der Waals surface area contributed by atoms with E-state index in [0.29, 0.717) is 0 Å². The number of benzene rings is 3. The van der Waals surface area contributed by atoms with Crippen molar-refractivity contribution in [2.45, 2.75) is 74.3 Å². The molecule has 51 heavy (non-hydrogen) atoms. The Labute approximate surface area is 313 Å². The van der Waals surface area contributed by atoms with E-state index in [1.807, 2.05) is 109 Å². The molecular formula is C39H45N3O6S3. The Morgan fingerprint density at radius 1 is 0.725 bits per heavy atom. The van der Waals surface area contributed by atoms with Gasteiger partial charge in [0.25, 0.3) is 0 Å². The summed E-state index contributed by atoms with van der Waals surface area (Å²) in [5.41, 5.74) is 2.06. The van der Waals surface area contributed by atoms with Crippen LogP contribution in [0.25, 0.3) is 0 Å². The number of rotatable bonds is 15. The molecule has 0 saturated carbocycles. The molecule has 0 aliphatic rings.